The number of nitrogens with zero attached hydrogens (tertiary/aromatic N) is 1. The van der Waals surface area contributed by atoms with Gasteiger partial charge in [-0.25, -0.2) is 0 Å². The highest BCUT2D eigenvalue weighted by molar-refractivity contribution is 7.15. The van der Waals surface area contributed by atoms with E-state index >= 15 is 0 Å². The minimum absolute atomic E-state index is 0. The normalized spacial score (nSPS) is 13.1. The lowest BCUT2D eigenvalue weighted by Gasteiger charge is -2.12. The molecule has 0 saturated heterocycles. The summed E-state index contributed by atoms with van der Waals surface area (Å²) in [5, 5.41) is 9.83. The average Bonchev–Trinajstić information content (AvgIpc) is 2.48. The monoisotopic (exact) mass is 262 g/mol. The Morgan fingerprint density at radius 1 is 1.47 bits per heavy atom. The molecule has 0 fully saturated rings. The van der Waals surface area contributed by atoms with Gasteiger partial charge in [0.2, 0.25) is 0 Å². The van der Waals surface area contributed by atoms with Crippen LogP contribution in [0.4, 0.5) is 18.2 Å². The molecule has 1 aromatic rings. The zero-order valence-electron chi connectivity index (χ0n) is 7.02. The molecule has 2 N–H and O–H groups in total. The van der Waals surface area contributed by atoms with Gasteiger partial charge in [0.25, 0.3) is 0 Å². The van der Waals surface area contributed by atoms with Crippen molar-refractivity contribution in [1.29, 1.82) is 0 Å². The predicted octanol–water partition coefficient (Wildman–Crippen LogP) is 2.64. The molecule has 1 atom stereocenters. The fraction of sp³-hybridized carbons (Fsp3) is 0.333. The maximum atomic E-state index is 12.1. The van der Waals surface area contributed by atoms with Gasteiger partial charge in [0.15, 0.2) is 0 Å². The van der Waals surface area contributed by atoms with Crippen molar-refractivity contribution in [2.45, 2.75) is 12.2 Å². The predicted molar refractivity (Wildman–Crippen MR) is 51.2 cm³/mol. The first kappa shape index (κ1) is 14.1. The van der Waals surface area contributed by atoms with E-state index in [1.54, 1.807) is 0 Å². The molecule has 0 radical (unpaired) electrons. The van der Waals surface area contributed by atoms with E-state index in [0.717, 1.165) is 12.1 Å². The van der Waals surface area contributed by atoms with Crippen LogP contribution < -0.4 is 5.73 Å². The van der Waals surface area contributed by atoms with Gasteiger partial charge in [-0.3, -0.25) is 10.1 Å². The number of nitro groups is 1. The molecule has 4 nitrogen and oxygen atoms in total. The van der Waals surface area contributed by atoms with E-state index in [-0.39, 0.29) is 22.3 Å². The Morgan fingerprint density at radius 2 is 2.00 bits per heavy atom. The number of hydrogen-bond donors (Lipinski definition) is 1. The van der Waals surface area contributed by atoms with Crippen LogP contribution in [0.3, 0.4) is 0 Å². The molecule has 0 bridgehead atoms. The molecule has 86 valence electrons. The fourth-order valence-electron chi connectivity index (χ4n) is 0.769. The summed E-state index contributed by atoms with van der Waals surface area (Å²) in [7, 11) is 0. The minimum Gasteiger partial charge on any atom is -0.316 e. The van der Waals surface area contributed by atoms with Gasteiger partial charge >= 0.3 is 11.2 Å². The summed E-state index contributed by atoms with van der Waals surface area (Å²) in [6, 6.07) is -0.131. The Kier molecular flexibility index (Phi) is 4.50. The van der Waals surface area contributed by atoms with Crippen LogP contribution in [0.1, 0.15) is 10.9 Å². The third kappa shape index (κ3) is 3.33. The molecule has 1 rings (SSSR count). The highest BCUT2D eigenvalue weighted by Gasteiger charge is 2.39. The molecule has 9 heteroatoms. The standard InChI is InChI=1S/C6H5F3N2O2S.ClH/c7-6(8,9)5(10)3-1-2-4(14-3)11(12)13;/h1-2,5H,10H2;1H/t5-;/m1./s1. The molecule has 0 aliphatic carbocycles. The third-order valence-electron chi connectivity index (χ3n) is 1.45. The molecule has 15 heavy (non-hydrogen) atoms. The van der Waals surface area contributed by atoms with E-state index in [2.05, 4.69) is 0 Å². The first-order valence-electron chi connectivity index (χ1n) is 3.39. The van der Waals surface area contributed by atoms with Crippen molar-refractivity contribution in [3.05, 3.63) is 27.1 Å². The van der Waals surface area contributed by atoms with Gasteiger partial charge in [0.1, 0.15) is 6.04 Å². The van der Waals surface area contributed by atoms with Crippen molar-refractivity contribution in [3.63, 3.8) is 0 Å². The number of rotatable bonds is 2. The molecule has 0 aliphatic heterocycles. The van der Waals surface area contributed by atoms with Gasteiger partial charge in [-0.1, -0.05) is 11.3 Å². The van der Waals surface area contributed by atoms with Crippen molar-refractivity contribution >= 4 is 28.7 Å². The number of nitrogens with two attached hydrogens (primary N) is 1. The Labute approximate surface area is 92.4 Å². The lowest BCUT2D eigenvalue weighted by molar-refractivity contribution is -0.380. The SMILES string of the molecule is Cl.N[C@H](c1ccc([N+](=O)[O-])s1)C(F)(F)F. The molecule has 0 aromatic carbocycles. The Balaban J connectivity index is 0.00000196. The second-order valence-corrected chi connectivity index (χ2v) is 3.55. The summed E-state index contributed by atoms with van der Waals surface area (Å²) in [6.07, 6.45) is -4.57. The van der Waals surface area contributed by atoms with Crippen molar-refractivity contribution in [1.82, 2.24) is 0 Å². The topological polar surface area (TPSA) is 69.2 Å². The van der Waals surface area contributed by atoms with Gasteiger partial charge in [-0.15, -0.1) is 12.4 Å². The smallest absolute Gasteiger partial charge is 0.316 e. The van der Waals surface area contributed by atoms with Crippen LogP contribution in [0.15, 0.2) is 12.1 Å². The summed E-state index contributed by atoms with van der Waals surface area (Å²) in [4.78, 5) is 9.17. The molecule has 1 aromatic heterocycles. The lowest BCUT2D eigenvalue weighted by Crippen LogP contribution is -2.27. The number of halogens is 4. The molecule has 0 saturated carbocycles. The van der Waals surface area contributed by atoms with E-state index < -0.39 is 17.1 Å². The van der Waals surface area contributed by atoms with Gasteiger partial charge in [0, 0.05) is 10.9 Å². The molecular formula is C6H6ClF3N2O2S. The highest BCUT2D eigenvalue weighted by atomic mass is 35.5. The maximum Gasteiger partial charge on any atom is 0.408 e. The summed E-state index contributed by atoms with van der Waals surface area (Å²) in [5.74, 6) is 0. The van der Waals surface area contributed by atoms with Crippen LogP contribution in [-0.2, 0) is 0 Å². The molecule has 0 spiro atoms. The quantitative estimate of drug-likeness (QED) is 0.658. The van der Waals surface area contributed by atoms with Gasteiger partial charge in [-0.05, 0) is 6.07 Å². The second-order valence-electron chi connectivity index (χ2n) is 2.45. The molecule has 0 amide bonds. The first-order valence-corrected chi connectivity index (χ1v) is 4.20. The van der Waals surface area contributed by atoms with Crippen molar-refractivity contribution in [2.24, 2.45) is 5.73 Å². The Morgan fingerprint density at radius 3 is 2.33 bits per heavy atom. The Bertz CT molecular complexity index is 354. The van der Waals surface area contributed by atoms with Crippen molar-refractivity contribution < 1.29 is 18.1 Å². The van der Waals surface area contributed by atoms with Gasteiger partial charge < -0.3 is 5.73 Å². The number of hydrogen-bond acceptors (Lipinski definition) is 4. The fourth-order valence-corrected chi connectivity index (χ4v) is 1.62. The zero-order valence-corrected chi connectivity index (χ0v) is 8.66. The molecule has 0 aliphatic rings. The second kappa shape index (κ2) is 4.77. The van der Waals surface area contributed by atoms with E-state index in [1.165, 1.54) is 0 Å². The summed E-state index contributed by atoms with van der Waals surface area (Å²) in [6.45, 7) is 0. The average molecular weight is 263 g/mol. The van der Waals surface area contributed by atoms with Crippen LogP contribution >= 0.6 is 23.7 Å². The highest BCUT2D eigenvalue weighted by Crippen LogP contribution is 2.36. The van der Waals surface area contributed by atoms with Crippen LogP contribution in [0.2, 0.25) is 0 Å². The van der Waals surface area contributed by atoms with E-state index in [9.17, 15) is 23.3 Å². The Hall–Kier alpha value is -0.860. The van der Waals surface area contributed by atoms with Crippen molar-refractivity contribution in [3.8, 4) is 0 Å². The van der Waals surface area contributed by atoms with E-state index in [0.29, 0.717) is 11.3 Å². The maximum absolute atomic E-state index is 12.1. The van der Waals surface area contributed by atoms with Crippen LogP contribution in [0, 0.1) is 10.1 Å². The van der Waals surface area contributed by atoms with Gasteiger partial charge in [-0.2, -0.15) is 13.2 Å². The van der Waals surface area contributed by atoms with E-state index in [1.807, 2.05) is 0 Å². The van der Waals surface area contributed by atoms with Crippen LogP contribution in [0.25, 0.3) is 0 Å². The van der Waals surface area contributed by atoms with Gasteiger partial charge in [0.05, 0.1) is 4.92 Å². The lowest BCUT2D eigenvalue weighted by atomic mass is 10.2. The summed E-state index contributed by atoms with van der Waals surface area (Å²) >= 11 is 0.432. The zero-order chi connectivity index (χ0) is 10.9. The van der Waals surface area contributed by atoms with Crippen LogP contribution in [0.5, 0.6) is 0 Å². The molecule has 0 unspecified atom stereocenters. The van der Waals surface area contributed by atoms with Crippen LogP contribution in [-0.4, -0.2) is 11.1 Å². The summed E-state index contributed by atoms with van der Waals surface area (Å²) in [5.41, 5.74) is 4.85. The minimum atomic E-state index is -4.57. The van der Waals surface area contributed by atoms with E-state index in [4.69, 9.17) is 5.73 Å². The molecule has 1 heterocycles. The third-order valence-corrected chi connectivity index (χ3v) is 2.57. The number of alkyl halides is 3. The first-order chi connectivity index (χ1) is 6.32. The largest absolute Gasteiger partial charge is 0.408 e. The molecular weight excluding hydrogens is 257 g/mol. The summed E-state index contributed by atoms with van der Waals surface area (Å²) < 4.78 is 36.2. The van der Waals surface area contributed by atoms with Crippen molar-refractivity contribution in [2.75, 3.05) is 0 Å². The number of thiophene rings is 1.